The molecule has 2 aromatic rings. The third-order valence-electron chi connectivity index (χ3n) is 5.15. The first-order valence-electron chi connectivity index (χ1n) is 8.54. The highest BCUT2D eigenvalue weighted by Crippen LogP contribution is 2.38. The maximum atomic E-state index is 14.5. The molecule has 1 aliphatic carbocycles. The van der Waals surface area contributed by atoms with E-state index < -0.39 is 5.67 Å². The van der Waals surface area contributed by atoms with Crippen LogP contribution in [0.3, 0.4) is 0 Å². The largest absolute Gasteiger partial charge is 0.339 e. The average Bonchev–Trinajstić information content (AvgIpc) is 2.82. The number of benzene rings is 1. The van der Waals surface area contributed by atoms with Gasteiger partial charge >= 0.3 is 0 Å². The van der Waals surface area contributed by atoms with Gasteiger partial charge in [0, 0.05) is 36.3 Å². The fourth-order valence-corrected chi connectivity index (χ4v) is 3.56. The van der Waals surface area contributed by atoms with Gasteiger partial charge in [-0.1, -0.05) is 30.3 Å². The summed E-state index contributed by atoms with van der Waals surface area (Å²) in [5.74, 6) is -0.337. The molecule has 5 heteroatoms. The van der Waals surface area contributed by atoms with Crippen molar-refractivity contribution in [3.63, 3.8) is 0 Å². The van der Waals surface area contributed by atoms with Gasteiger partial charge in [0.05, 0.1) is 5.69 Å². The predicted octanol–water partition coefficient (Wildman–Crippen LogP) is 2.96. The minimum absolute atomic E-state index is 0.337. The van der Waals surface area contributed by atoms with E-state index in [-0.39, 0.29) is 5.91 Å². The highest BCUT2D eigenvalue weighted by atomic mass is 19.1. The van der Waals surface area contributed by atoms with Gasteiger partial charge in [0.25, 0.3) is 5.91 Å². The van der Waals surface area contributed by atoms with Crippen molar-refractivity contribution in [2.24, 2.45) is 0 Å². The molecule has 1 aromatic carbocycles. The molecule has 0 saturated heterocycles. The number of hydrogen-bond acceptors (Lipinski definition) is 3. The molecule has 1 saturated carbocycles. The molecule has 1 aromatic heterocycles. The summed E-state index contributed by atoms with van der Waals surface area (Å²) in [6.07, 6.45) is 4.44. The molecule has 1 aliphatic heterocycles. The van der Waals surface area contributed by atoms with Gasteiger partial charge in [-0.25, -0.2) is 14.4 Å². The zero-order valence-corrected chi connectivity index (χ0v) is 13.5. The normalized spacial score (nSPS) is 19.1. The van der Waals surface area contributed by atoms with Crippen molar-refractivity contribution in [3.8, 4) is 11.3 Å². The summed E-state index contributed by atoms with van der Waals surface area (Å²) in [5, 5.41) is 0. The van der Waals surface area contributed by atoms with Gasteiger partial charge in [0.15, 0.2) is 5.67 Å². The van der Waals surface area contributed by atoms with E-state index in [1.165, 1.54) is 0 Å². The van der Waals surface area contributed by atoms with Crippen LogP contribution in [0.5, 0.6) is 0 Å². The molecule has 1 amide bonds. The van der Waals surface area contributed by atoms with E-state index in [0.717, 1.165) is 28.9 Å². The summed E-state index contributed by atoms with van der Waals surface area (Å²) < 4.78 is 14.5. The molecule has 2 aliphatic rings. The van der Waals surface area contributed by atoms with Crippen LogP contribution < -0.4 is 0 Å². The fourth-order valence-electron chi connectivity index (χ4n) is 3.56. The quantitative estimate of drug-likeness (QED) is 0.853. The second-order valence-corrected chi connectivity index (χ2v) is 6.62. The number of hydrogen-bond donors (Lipinski definition) is 0. The van der Waals surface area contributed by atoms with Crippen LogP contribution >= 0.6 is 0 Å². The summed E-state index contributed by atoms with van der Waals surface area (Å²) in [7, 11) is 0. The Morgan fingerprint density at radius 1 is 1.08 bits per heavy atom. The Labute approximate surface area is 140 Å². The first-order valence-corrected chi connectivity index (χ1v) is 8.54. The highest BCUT2D eigenvalue weighted by molar-refractivity contribution is 5.86. The van der Waals surface area contributed by atoms with Crippen molar-refractivity contribution in [2.75, 3.05) is 13.1 Å². The van der Waals surface area contributed by atoms with Crippen LogP contribution in [0.1, 0.15) is 30.5 Å². The van der Waals surface area contributed by atoms with Crippen LogP contribution in [0.25, 0.3) is 11.3 Å². The van der Waals surface area contributed by atoms with Crippen LogP contribution in [-0.2, 0) is 17.6 Å². The molecular formula is C19H20FN3O. The Bertz CT molecular complexity index is 758. The van der Waals surface area contributed by atoms with Gasteiger partial charge in [0.1, 0.15) is 6.33 Å². The predicted molar refractivity (Wildman–Crippen MR) is 89.1 cm³/mol. The summed E-state index contributed by atoms with van der Waals surface area (Å²) in [6.45, 7) is 1.06. The number of carbonyl (C=O) groups is 1. The van der Waals surface area contributed by atoms with E-state index in [4.69, 9.17) is 0 Å². The lowest BCUT2D eigenvalue weighted by atomic mass is 9.81. The molecule has 0 unspecified atom stereocenters. The molecule has 24 heavy (non-hydrogen) atoms. The first kappa shape index (κ1) is 15.2. The van der Waals surface area contributed by atoms with E-state index in [9.17, 15) is 9.18 Å². The van der Waals surface area contributed by atoms with Crippen LogP contribution in [0, 0.1) is 0 Å². The summed E-state index contributed by atoms with van der Waals surface area (Å²) in [5.41, 5.74) is 2.41. The van der Waals surface area contributed by atoms with Crippen molar-refractivity contribution < 1.29 is 9.18 Å². The minimum atomic E-state index is -1.62. The van der Waals surface area contributed by atoms with Crippen molar-refractivity contribution in [1.29, 1.82) is 0 Å². The molecule has 0 radical (unpaired) electrons. The Kier molecular flexibility index (Phi) is 3.79. The summed E-state index contributed by atoms with van der Waals surface area (Å²) in [4.78, 5) is 23.0. The van der Waals surface area contributed by atoms with Gasteiger partial charge < -0.3 is 4.90 Å². The smallest absolute Gasteiger partial charge is 0.260 e. The first-order chi connectivity index (χ1) is 11.7. The molecule has 4 rings (SSSR count). The van der Waals surface area contributed by atoms with Gasteiger partial charge in [-0.2, -0.15) is 0 Å². The third kappa shape index (κ3) is 2.58. The topological polar surface area (TPSA) is 46.1 Å². The monoisotopic (exact) mass is 325 g/mol. The van der Waals surface area contributed by atoms with Crippen molar-refractivity contribution in [1.82, 2.24) is 14.9 Å². The standard InChI is InChI=1S/C19H20FN3O/c20-19(9-4-10-19)18(24)23-11-7-15-16(8-12-23)21-13-22-17(15)14-5-2-1-3-6-14/h1-3,5-6,13H,4,7-12H2. The summed E-state index contributed by atoms with van der Waals surface area (Å²) >= 11 is 0. The van der Waals surface area contributed by atoms with E-state index in [1.807, 2.05) is 30.3 Å². The molecule has 0 spiro atoms. The number of fused-ring (bicyclic) bond motifs is 1. The van der Waals surface area contributed by atoms with Gasteiger partial charge in [-0.3, -0.25) is 4.79 Å². The number of carbonyl (C=O) groups excluding carboxylic acids is 1. The van der Waals surface area contributed by atoms with Crippen molar-refractivity contribution in [3.05, 3.63) is 47.9 Å². The molecule has 2 heterocycles. The van der Waals surface area contributed by atoms with E-state index >= 15 is 0 Å². The van der Waals surface area contributed by atoms with Gasteiger partial charge in [0.2, 0.25) is 0 Å². The maximum absolute atomic E-state index is 14.5. The van der Waals surface area contributed by atoms with Crippen LogP contribution in [0.2, 0.25) is 0 Å². The lowest BCUT2D eigenvalue weighted by Gasteiger charge is -2.36. The lowest BCUT2D eigenvalue weighted by molar-refractivity contribution is -0.149. The number of alkyl halides is 1. The molecule has 4 nitrogen and oxygen atoms in total. The number of nitrogens with zero attached hydrogens (tertiary/aromatic N) is 3. The highest BCUT2D eigenvalue weighted by Gasteiger charge is 2.47. The number of aromatic nitrogens is 2. The van der Waals surface area contributed by atoms with Gasteiger partial charge in [-0.05, 0) is 25.7 Å². The maximum Gasteiger partial charge on any atom is 0.260 e. The van der Waals surface area contributed by atoms with E-state index in [0.29, 0.717) is 38.8 Å². The van der Waals surface area contributed by atoms with Crippen molar-refractivity contribution >= 4 is 5.91 Å². The Morgan fingerprint density at radius 2 is 1.83 bits per heavy atom. The Hall–Kier alpha value is -2.30. The number of rotatable bonds is 2. The SMILES string of the molecule is O=C(N1CCc2ncnc(-c3ccccc3)c2CC1)C1(F)CCC1. The van der Waals surface area contributed by atoms with Crippen LogP contribution in [0.15, 0.2) is 36.7 Å². The molecule has 1 fully saturated rings. The second-order valence-electron chi connectivity index (χ2n) is 6.62. The van der Waals surface area contributed by atoms with Crippen LogP contribution in [-0.4, -0.2) is 39.5 Å². The fraction of sp³-hybridized carbons (Fsp3) is 0.421. The molecule has 0 atom stereocenters. The second kappa shape index (κ2) is 5.96. The Morgan fingerprint density at radius 3 is 2.54 bits per heavy atom. The summed E-state index contributed by atoms with van der Waals surface area (Å²) in [6, 6.07) is 10.0. The van der Waals surface area contributed by atoms with Crippen molar-refractivity contribution in [2.45, 2.75) is 37.8 Å². The third-order valence-corrected chi connectivity index (χ3v) is 5.15. The van der Waals surface area contributed by atoms with E-state index in [2.05, 4.69) is 9.97 Å². The average molecular weight is 325 g/mol. The molecule has 0 N–H and O–H groups in total. The lowest BCUT2D eigenvalue weighted by Crippen LogP contribution is -2.51. The number of amides is 1. The van der Waals surface area contributed by atoms with Gasteiger partial charge in [-0.15, -0.1) is 0 Å². The Balaban J connectivity index is 1.60. The van der Waals surface area contributed by atoms with Crippen LogP contribution in [0.4, 0.5) is 4.39 Å². The number of halogens is 1. The minimum Gasteiger partial charge on any atom is -0.339 e. The molecule has 0 bridgehead atoms. The zero-order chi connectivity index (χ0) is 16.6. The van der Waals surface area contributed by atoms with E-state index in [1.54, 1.807) is 11.2 Å². The molecule has 124 valence electrons. The molecular weight excluding hydrogens is 305 g/mol. The zero-order valence-electron chi connectivity index (χ0n) is 13.5.